The van der Waals surface area contributed by atoms with E-state index in [1.54, 1.807) is 6.92 Å². The molecule has 14 heteroatoms. The molecule has 178 valence electrons. The highest BCUT2D eigenvalue weighted by atomic mass is 32.3. The second-order valence-electron chi connectivity index (χ2n) is 7.00. The second kappa shape index (κ2) is 10.9. The van der Waals surface area contributed by atoms with Gasteiger partial charge in [0.15, 0.2) is 6.29 Å². The molecular weight excluding hydrogens is 432 g/mol. The van der Waals surface area contributed by atoms with Gasteiger partial charge in [-0.05, 0) is 6.92 Å². The van der Waals surface area contributed by atoms with Crippen molar-refractivity contribution in [1.82, 2.24) is 0 Å². The normalized spacial score (nSPS) is 42.9. The first-order chi connectivity index (χ1) is 14.1. The van der Waals surface area contributed by atoms with Gasteiger partial charge in [-0.1, -0.05) is 0 Å². The predicted molar refractivity (Wildman–Crippen MR) is 96.9 cm³/mol. The van der Waals surface area contributed by atoms with E-state index in [0.29, 0.717) is 0 Å². The van der Waals surface area contributed by atoms with Crippen LogP contribution in [-0.2, 0) is 43.0 Å². The van der Waals surface area contributed by atoms with Crippen molar-refractivity contribution < 1.29 is 60.9 Å². The minimum absolute atomic E-state index is 0.472. The van der Waals surface area contributed by atoms with Crippen LogP contribution < -0.4 is 0 Å². The summed E-state index contributed by atoms with van der Waals surface area (Å²) in [6.07, 6.45) is -10.6. The first kappa shape index (κ1) is 25.8. The number of aliphatic hydroxyl groups excluding tert-OH is 3. The Labute approximate surface area is 174 Å². The Kier molecular flexibility index (Phi) is 9.35. The maximum absolute atomic E-state index is 10.9. The predicted octanol–water partition coefficient (Wildman–Crippen LogP) is -2.54. The van der Waals surface area contributed by atoms with Gasteiger partial charge in [-0.3, -0.25) is 4.55 Å². The molecule has 10 atom stereocenters. The second-order valence-corrected chi connectivity index (χ2v) is 8.09. The van der Waals surface area contributed by atoms with Crippen LogP contribution in [0.1, 0.15) is 6.92 Å². The SMILES string of the molecule is COC1C(COS(=O)(=O)O)OC(OC2C(O)C(CO)OC(C)C2OC)C(OC)C1O. The molecule has 2 aliphatic rings. The van der Waals surface area contributed by atoms with E-state index in [1.807, 2.05) is 0 Å². The van der Waals surface area contributed by atoms with Crippen LogP contribution in [0.3, 0.4) is 0 Å². The summed E-state index contributed by atoms with van der Waals surface area (Å²) in [5.74, 6) is 0. The van der Waals surface area contributed by atoms with Crippen molar-refractivity contribution in [1.29, 1.82) is 0 Å². The Morgan fingerprint density at radius 3 is 1.97 bits per heavy atom. The molecular formula is C16H30O13S. The number of hydrogen-bond acceptors (Lipinski definition) is 12. The van der Waals surface area contributed by atoms with Gasteiger partial charge in [0, 0.05) is 21.3 Å². The molecule has 2 rings (SSSR count). The van der Waals surface area contributed by atoms with Gasteiger partial charge in [0.1, 0.15) is 48.8 Å². The molecule has 0 aromatic carbocycles. The van der Waals surface area contributed by atoms with Crippen LogP contribution in [0.2, 0.25) is 0 Å². The zero-order chi connectivity index (χ0) is 22.6. The Bertz CT molecular complexity index is 631. The number of hydrogen-bond donors (Lipinski definition) is 4. The van der Waals surface area contributed by atoms with E-state index >= 15 is 0 Å². The fourth-order valence-electron chi connectivity index (χ4n) is 3.73. The van der Waals surface area contributed by atoms with Gasteiger partial charge in [-0.2, -0.15) is 8.42 Å². The first-order valence-corrected chi connectivity index (χ1v) is 10.6. The Morgan fingerprint density at radius 1 is 0.867 bits per heavy atom. The van der Waals surface area contributed by atoms with Crippen LogP contribution in [0.5, 0.6) is 0 Å². The Balaban J connectivity index is 2.25. The molecule has 0 spiro atoms. The van der Waals surface area contributed by atoms with Crippen LogP contribution in [-0.4, -0.2) is 124 Å². The summed E-state index contributed by atoms with van der Waals surface area (Å²) in [5.41, 5.74) is 0. The fraction of sp³-hybridized carbons (Fsp3) is 1.00. The van der Waals surface area contributed by atoms with Crippen molar-refractivity contribution in [2.45, 2.75) is 68.1 Å². The first-order valence-electron chi connectivity index (χ1n) is 9.21. The highest BCUT2D eigenvalue weighted by molar-refractivity contribution is 7.80. The Morgan fingerprint density at radius 2 is 1.47 bits per heavy atom. The molecule has 0 aromatic rings. The van der Waals surface area contributed by atoms with E-state index in [0.717, 1.165) is 0 Å². The van der Waals surface area contributed by atoms with Crippen molar-refractivity contribution in [2.75, 3.05) is 34.5 Å². The molecule has 0 bridgehead atoms. The lowest BCUT2D eigenvalue weighted by Crippen LogP contribution is -2.65. The molecule has 2 saturated heterocycles. The highest BCUT2D eigenvalue weighted by Gasteiger charge is 2.51. The van der Waals surface area contributed by atoms with Gasteiger partial charge in [-0.25, -0.2) is 4.18 Å². The quantitative estimate of drug-likeness (QED) is 0.264. The number of aliphatic hydroxyl groups is 3. The molecule has 2 aliphatic heterocycles. The molecule has 4 N–H and O–H groups in total. The zero-order valence-corrected chi connectivity index (χ0v) is 17.9. The molecule has 10 unspecified atom stereocenters. The Hall–Kier alpha value is -0.490. The van der Waals surface area contributed by atoms with Gasteiger partial charge in [-0.15, -0.1) is 0 Å². The molecule has 13 nitrogen and oxygen atoms in total. The van der Waals surface area contributed by atoms with Crippen LogP contribution in [0, 0.1) is 0 Å². The summed E-state index contributed by atoms with van der Waals surface area (Å²) in [6, 6.07) is 0. The van der Waals surface area contributed by atoms with E-state index in [9.17, 15) is 23.7 Å². The van der Waals surface area contributed by atoms with E-state index in [2.05, 4.69) is 4.18 Å². The maximum atomic E-state index is 10.9. The molecule has 30 heavy (non-hydrogen) atoms. The third-order valence-electron chi connectivity index (χ3n) is 5.18. The van der Waals surface area contributed by atoms with Gasteiger partial charge >= 0.3 is 10.4 Å². The molecule has 0 aromatic heterocycles. The molecule has 0 amide bonds. The third-order valence-corrected chi connectivity index (χ3v) is 5.61. The highest BCUT2D eigenvalue weighted by Crippen LogP contribution is 2.32. The molecule has 0 saturated carbocycles. The maximum Gasteiger partial charge on any atom is 0.397 e. The van der Waals surface area contributed by atoms with Crippen molar-refractivity contribution in [3.8, 4) is 0 Å². The van der Waals surface area contributed by atoms with Crippen molar-refractivity contribution in [3.05, 3.63) is 0 Å². The summed E-state index contributed by atoms with van der Waals surface area (Å²) >= 11 is 0. The number of methoxy groups -OCH3 is 3. The van der Waals surface area contributed by atoms with E-state index in [-0.39, 0.29) is 0 Å². The number of ether oxygens (including phenoxy) is 6. The zero-order valence-electron chi connectivity index (χ0n) is 17.1. The lowest BCUT2D eigenvalue weighted by Gasteiger charge is -2.47. The summed E-state index contributed by atoms with van der Waals surface area (Å²) in [7, 11) is -0.819. The smallest absolute Gasteiger partial charge is 0.394 e. The van der Waals surface area contributed by atoms with Gasteiger partial charge < -0.3 is 43.7 Å². The van der Waals surface area contributed by atoms with E-state index < -0.39 is 84.8 Å². The van der Waals surface area contributed by atoms with Crippen molar-refractivity contribution in [3.63, 3.8) is 0 Å². The molecule has 2 fully saturated rings. The fourth-order valence-corrected chi connectivity index (χ4v) is 4.04. The van der Waals surface area contributed by atoms with Crippen molar-refractivity contribution >= 4 is 10.4 Å². The van der Waals surface area contributed by atoms with Crippen molar-refractivity contribution in [2.24, 2.45) is 0 Å². The van der Waals surface area contributed by atoms with E-state index in [4.69, 9.17) is 33.0 Å². The summed E-state index contributed by atoms with van der Waals surface area (Å²) in [4.78, 5) is 0. The van der Waals surface area contributed by atoms with Crippen LogP contribution in [0.4, 0.5) is 0 Å². The minimum Gasteiger partial charge on any atom is -0.394 e. The van der Waals surface area contributed by atoms with Crippen LogP contribution in [0.15, 0.2) is 0 Å². The monoisotopic (exact) mass is 462 g/mol. The molecule has 2 heterocycles. The van der Waals surface area contributed by atoms with Crippen LogP contribution in [0.25, 0.3) is 0 Å². The summed E-state index contributed by atoms with van der Waals surface area (Å²) in [5, 5.41) is 30.7. The average Bonchev–Trinajstić information content (AvgIpc) is 2.68. The standard InChI is InChI=1S/C16H30O13S/c1-7-12(23-2)14(10(18)8(5-17)27-7)29-16-15(25-4)11(19)13(24-3)9(28-16)6-26-30(20,21)22/h7-19H,5-6H2,1-4H3,(H,20,21,22). The molecule has 0 aliphatic carbocycles. The topological polar surface area (TPSA) is 180 Å². The van der Waals surface area contributed by atoms with Gasteiger partial charge in [0.05, 0.1) is 19.3 Å². The van der Waals surface area contributed by atoms with Crippen LogP contribution >= 0.6 is 0 Å². The molecule has 0 radical (unpaired) electrons. The third kappa shape index (κ3) is 5.85. The summed E-state index contributed by atoms with van der Waals surface area (Å²) < 4.78 is 68.0. The lowest BCUT2D eigenvalue weighted by molar-refractivity contribution is -0.346. The van der Waals surface area contributed by atoms with Gasteiger partial charge in [0.25, 0.3) is 0 Å². The van der Waals surface area contributed by atoms with Gasteiger partial charge in [0.2, 0.25) is 0 Å². The largest absolute Gasteiger partial charge is 0.397 e. The number of rotatable bonds is 9. The average molecular weight is 462 g/mol. The summed E-state index contributed by atoms with van der Waals surface area (Å²) in [6.45, 7) is 0.526. The van der Waals surface area contributed by atoms with E-state index in [1.165, 1.54) is 21.3 Å². The lowest BCUT2D eigenvalue weighted by atomic mass is 9.94. The minimum atomic E-state index is -4.77.